The highest BCUT2D eigenvalue weighted by Gasteiger charge is 2.38. The Morgan fingerprint density at radius 1 is 1.03 bits per heavy atom. The number of aromatic nitrogens is 4. The molecule has 0 N–H and O–H groups in total. The fraction of sp³-hybridized carbons (Fsp3) is 0.250. The molecular weight excluding hydrogens is 410 g/mol. The summed E-state index contributed by atoms with van der Waals surface area (Å²) in [7, 11) is 1.24. The zero-order valence-corrected chi connectivity index (χ0v) is 14.4. The smallest absolute Gasteiger partial charge is 0.434 e. The molecule has 0 radical (unpaired) electrons. The van der Waals surface area contributed by atoms with E-state index >= 15 is 0 Å². The van der Waals surface area contributed by atoms with Crippen LogP contribution in [0.25, 0.3) is 16.9 Å². The maximum atomic E-state index is 13.5. The molecule has 0 fully saturated rings. The van der Waals surface area contributed by atoms with Gasteiger partial charge in [0.1, 0.15) is 0 Å². The average Bonchev–Trinajstić information content (AvgIpc) is 2.65. The number of hydrogen-bond donors (Lipinski definition) is 0. The number of halogens is 6. The van der Waals surface area contributed by atoms with E-state index < -0.39 is 47.4 Å². The number of fused-ring (bicyclic) bond motifs is 1. The van der Waals surface area contributed by atoms with Gasteiger partial charge in [-0.3, -0.25) is 9.20 Å². The minimum atomic E-state index is -5.01. The molecule has 3 rings (SSSR count). The predicted octanol–water partition coefficient (Wildman–Crippen LogP) is 3.12. The molecule has 0 saturated heterocycles. The molecule has 154 valence electrons. The molecule has 0 aliphatic carbocycles. The summed E-state index contributed by atoms with van der Waals surface area (Å²) in [6.07, 6.45) is -7.70. The second-order valence-corrected chi connectivity index (χ2v) is 5.57. The van der Waals surface area contributed by atoms with Gasteiger partial charge in [-0.2, -0.15) is 31.3 Å². The van der Waals surface area contributed by atoms with Crippen molar-refractivity contribution in [1.29, 1.82) is 0 Å². The summed E-state index contributed by atoms with van der Waals surface area (Å²) >= 11 is 0. The molecular formula is C16H10F6N4O3. The van der Waals surface area contributed by atoms with E-state index in [0.717, 1.165) is 28.9 Å². The summed E-state index contributed by atoms with van der Waals surface area (Å²) in [4.78, 5) is 23.3. The van der Waals surface area contributed by atoms with Crippen LogP contribution in [0.4, 0.5) is 26.3 Å². The van der Waals surface area contributed by atoms with Gasteiger partial charge in [-0.05, 0) is 6.07 Å². The molecule has 0 aromatic carbocycles. The monoisotopic (exact) mass is 420 g/mol. The topological polar surface area (TPSA) is 78.6 Å². The van der Waals surface area contributed by atoms with Gasteiger partial charge in [0, 0.05) is 30.1 Å². The maximum absolute atomic E-state index is 13.5. The van der Waals surface area contributed by atoms with Gasteiger partial charge in [0.2, 0.25) is 17.5 Å². The number of pyridine rings is 1. The van der Waals surface area contributed by atoms with Crippen molar-refractivity contribution < 1.29 is 35.8 Å². The first-order valence-corrected chi connectivity index (χ1v) is 7.70. The lowest BCUT2D eigenvalue weighted by atomic mass is 10.1. The van der Waals surface area contributed by atoms with Crippen LogP contribution in [0.5, 0.6) is 11.8 Å². The number of ether oxygens (including phenoxy) is 2. The van der Waals surface area contributed by atoms with Gasteiger partial charge < -0.3 is 9.47 Å². The minimum Gasteiger partial charge on any atom is -0.481 e. The van der Waals surface area contributed by atoms with Crippen molar-refractivity contribution in [3.05, 3.63) is 46.6 Å². The molecule has 3 aromatic heterocycles. The Hall–Kier alpha value is -3.38. The number of methoxy groups -OCH3 is 1. The summed E-state index contributed by atoms with van der Waals surface area (Å²) < 4.78 is 87.1. The Morgan fingerprint density at radius 3 is 2.31 bits per heavy atom. The number of hydrogen-bond acceptors (Lipinski definition) is 6. The van der Waals surface area contributed by atoms with Gasteiger partial charge in [0.05, 0.1) is 12.7 Å². The third kappa shape index (κ3) is 4.38. The first-order valence-electron chi connectivity index (χ1n) is 7.70. The third-order valence-electron chi connectivity index (χ3n) is 3.56. The quantitative estimate of drug-likeness (QED) is 0.604. The van der Waals surface area contributed by atoms with E-state index in [9.17, 15) is 31.1 Å². The van der Waals surface area contributed by atoms with E-state index in [2.05, 4.69) is 19.7 Å². The fourth-order valence-corrected chi connectivity index (χ4v) is 2.36. The van der Waals surface area contributed by atoms with Crippen LogP contribution in [0.15, 0.2) is 35.4 Å². The normalized spacial score (nSPS) is 12.2. The van der Waals surface area contributed by atoms with Crippen LogP contribution in [0.1, 0.15) is 5.69 Å². The van der Waals surface area contributed by atoms with E-state index in [1.165, 1.54) is 13.2 Å². The van der Waals surface area contributed by atoms with E-state index in [-0.39, 0.29) is 11.4 Å². The SMILES string of the molecule is COc1ccn2c(=O)c(-c3ccc(OCC(F)(F)F)nc3)c(C(F)(F)F)nc2n1. The maximum Gasteiger partial charge on any atom is 0.434 e. The van der Waals surface area contributed by atoms with Crippen molar-refractivity contribution in [2.75, 3.05) is 13.7 Å². The largest absolute Gasteiger partial charge is 0.481 e. The van der Waals surface area contributed by atoms with Crippen LogP contribution >= 0.6 is 0 Å². The van der Waals surface area contributed by atoms with Crippen LogP contribution in [-0.2, 0) is 6.18 Å². The lowest BCUT2D eigenvalue weighted by Crippen LogP contribution is -2.25. The Bertz CT molecular complexity index is 1090. The van der Waals surface area contributed by atoms with Crippen molar-refractivity contribution in [2.45, 2.75) is 12.4 Å². The number of alkyl halides is 6. The van der Waals surface area contributed by atoms with Crippen molar-refractivity contribution in [1.82, 2.24) is 19.4 Å². The summed E-state index contributed by atoms with van der Waals surface area (Å²) in [5.74, 6) is -1.06. The highest BCUT2D eigenvalue weighted by molar-refractivity contribution is 5.66. The fourth-order valence-electron chi connectivity index (χ4n) is 2.36. The molecule has 3 aromatic rings. The zero-order valence-electron chi connectivity index (χ0n) is 14.4. The predicted molar refractivity (Wildman–Crippen MR) is 85.6 cm³/mol. The first kappa shape index (κ1) is 20.4. The second-order valence-electron chi connectivity index (χ2n) is 5.57. The molecule has 13 heteroatoms. The lowest BCUT2D eigenvalue weighted by molar-refractivity contribution is -0.154. The Balaban J connectivity index is 2.13. The van der Waals surface area contributed by atoms with Crippen LogP contribution < -0.4 is 15.0 Å². The first-order chi connectivity index (χ1) is 13.5. The van der Waals surface area contributed by atoms with Gasteiger partial charge in [-0.15, -0.1) is 0 Å². The summed E-state index contributed by atoms with van der Waals surface area (Å²) in [5.41, 5.74) is -3.76. The van der Waals surface area contributed by atoms with Crippen LogP contribution in [0.2, 0.25) is 0 Å². The van der Waals surface area contributed by atoms with Gasteiger partial charge in [0.15, 0.2) is 12.3 Å². The van der Waals surface area contributed by atoms with Crippen molar-refractivity contribution in [3.63, 3.8) is 0 Å². The molecule has 0 atom stereocenters. The summed E-state index contributed by atoms with van der Waals surface area (Å²) in [6.45, 7) is -1.62. The summed E-state index contributed by atoms with van der Waals surface area (Å²) in [6, 6.07) is 3.15. The van der Waals surface area contributed by atoms with Crippen molar-refractivity contribution in [2.24, 2.45) is 0 Å². The molecule has 0 aliphatic rings. The molecule has 0 spiro atoms. The van der Waals surface area contributed by atoms with Gasteiger partial charge in [0.25, 0.3) is 5.56 Å². The minimum absolute atomic E-state index is 0.0504. The van der Waals surface area contributed by atoms with Crippen molar-refractivity contribution >= 4 is 5.78 Å². The summed E-state index contributed by atoms with van der Waals surface area (Å²) in [5, 5.41) is 0. The van der Waals surface area contributed by atoms with E-state index in [0.29, 0.717) is 0 Å². The van der Waals surface area contributed by atoms with E-state index in [1.807, 2.05) is 0 Å². The average molecular weight is 420 g/mol. The highest BCUT2D eigenvalue weighted by Crippen LogP contribution is 2.34. The highest BCUT2D eigenvalue weighted by atomic mass is 19.4. The second kappa shape index (κ2) is 7.22. The number of nitrogens with zero attached hydrogens (tertiary/aromatic N) is 4. The lowest BCUT2D eigenvalue weighted by Gasteiger charge is -2.13. The Kier molecular flexibility index (Phi) is 5.07. The van der Waals surface area contributed by atoms with Gasteiger partial charge in [-0.1, -0.05) is 0 Å². The van der Waals surface area contributed by atoms with Crippen LogP contribution in [0, 0.1) is 0 Å². The Labute approximate surface area is 157 Å². The van der Waals surface area contributed by atoms with Crippen LogP contribution in [0.3, 0.4) is 0 Å². The molecule has 0 saturated carbocycles. The zero-order chi connectivity index (χ0) is 21.4. The van der Waals surface area contributed by atoms with E-state index in [4.69, 9.17) is 4.74 Å². The van der Waals surface area contributed by atoms with Crippen LogP contribution in [-0.4, -0.2) is 39.2 Å². The molecule has 29 heavy (non-hydrogen) atoms. The number of rotatable bonds is 4. The molecule has 0 amide bonds. The Morgan fingerprint density at radius 2 is 1.76 bits per heavy atom. The van der Waals surface area contributed by atoms with Gasteiger partial charge >= 0.3 is 12.4 Å². The molecule has 0 bridgehead atoms. The molecule has 3 heterocycles. The molecule has 0 aliphatic heterocycles. The van der Waals surface area contributed by atoms with E-state index in [1.54, 1.807) is 0 Å². The molecule has 0 unspecified atom stereocenters. The standard InChI is InChI=1S/C16H10F6N4O3/c1-28-10-4-5-26-13(27)11(12(16(20,21)22)25-14(26)24-10)8-2-3-9(23-6-8)29-7-15(17,18)19/h2-6H,7H2,1H3. The van der Waals surface area contributed by atoms with Crippen molar-refractivity contribution in [3.8, 4) is 22.9 Å². The third-order valence-corrected chi connectivity index (χ3v) is 3.56. The molecule has 7 nitrogen and oxygen atoms in total. The van der Waals surface area contributed by atoms with Gasteiger partial charge in [-0.25, -0.2) is 9.97 Å².